The number of amides is 1. The van der Waals surface area contributed by atoms with Crippen LogP contribution in [0.4, 0.5) is 17.1 Å². The third-order valence-corrected chi connectivity index (χ3v) is 6.74. The Hall–Kier alpha value is -3.67. The van der Waals surface area contributed by atoms with E-state index in [4.69, 9.17) is 9.47 Å². The molecule has 33 heavy (non-hydrogen) atoms. The third-order valence-electron chi connectivity index (χ3n) is 6.74. The Morgan fingerprint density at radius 3 is 2.48 bits per heavy atom. The lowest BCUT2D eigenvalue weighted by molar-refractivity contribution is -0.120. The number of ether oxygens (including phenoxy) is 2. The molecule has 170 valence electrons. The van der Waals surface area contributed by atoms with Crippen LogP contribution < -0.4 is 24.6 Å². The second-order valence-electron chi connectivity index (χ2n) is 8.57. The van der Waals surface area contributed by atoms with Gasteiger partial charge in [-0.2, -0.15) is 0 Å². The number of anilines is 3. The van der Waals surface area contributed by atoms with E-state index >= 15 is 0 Å². The van der Waals surface area contributed by atoms with Gasteiger partial charge in [0.05, 0.1) is 26.2 Å². The fourth-order valence-corrected chi connectivity index (χ4v) is 5.02. The summed E-state index contributed by atoms with van der Waals surface area (Å²) in [4.78, 5) is 18.3. The Morgan fingerprint density at radius 2 is 1.70 bits per heavy atom. The highest BCUT2D eigenvalue weighted by Crippen LogP contribution is 2.37. The van der Waals surface area contributed by atoms with Crippen LogP contribution in [0.3, 0.4) is 0 Å². The maximum absolute atomic E-state index is 13.5. The minimum atomic E-state index is -0.160. The molecule has 0 radical (unpaired) electrons. The van der Waals surface area contributed by atoms with Crippen LogP contribution in [0, 0.1) is 5.92 Å². The molecule has 5 rings (SSSR count). The van der Waals surface area contributed by atoms with Crippen LogP contribution in [-0.2, 0) is 11.2 Å². The molecule has 6 heteroatoms. The molecule has 0 saturated carbocycles. The van der Waals surface area contributed by atoms with Crippen LogP contribution in [-0.4, -0.2) is 45.8 Å². The molecule has 0 aliphatic carbocycles. The van der Waals surface area contributed by atoms with Crippen molar-refractivity contribution in [3.63, 3.8) is 0 Å². The van der Waals surface area contributed by atoms with E-state index in [1.54, 1.807) is 14.2 Å². The SMILES string of the molecule is COc1ccc(N2CCN3c4ccccc4C[C@@H](C(=O)Nc4cccc(OC)c4)[C@H]3C2)cc1. The first-order valence-corrected chi connectivity index (χ1v) is 11.3. The van der Waals surface area contributed by atoms with Crippen LogP contribution in [0.5, 0.6) is 11.5 Å². The molecule has 0 spiro atoms. The maximum Gasteiger partial charge on any atom is 0.229 e. The summed E-state index contributed by atoms with van der Waals surface area (Å²) in [5.74, 6) is 1.46. The first-order valence-electron chi connectivity index (χ1n) is 11.3. The quantitative estimate of drug-likeness (QED) is 0.640. The highest BCUT2D eigenvalue weighted by atomic mass is 16.5. The Balaban J connectivity index is 1.42. The van der Waals surface area contributed by atoms with Gasteiger partial charge in [0.15, 0.2) is 0 Å². The Kier molecular flexibility index (Phi) is 5.82. The molecule has 0 bridgehead atoms. The van der Waals surface area contributed by atoms with Crippen LogP contribution in [0.1, 0.15) is 5.56 Å². The monoisotopic (exact) mass is 443 g/mol. The number of hydrogen-bond donors (Lipinski definition) is 1. The number of nitrogens with one attached hydrogen (secondary N) is 1. The molecule has 3 aromatic rings. The normalized spacial score (nSPS) is 19.3. The zero-order valence-electron chi connectivity index (χ0n) is 19.0. The second-order valence-corrected chi connectivity index (χ2v) is 8.57. The number of piperazine rings is 1. The van der Waals surface area contributed by atoms with Gasteiger partial charge in [0.2, 0.25) is 5.91 Å². The third kappa shape index (κ3) is 4.21. The van der Waals surface area contributed by atoms with Gasteiger partial charge in [0.25, 0.3) is 0 Å². The van der Waals surface area contributed by atoms with E-state index in [0.29, 0.717) is 0 Å². The molecule has 2 aliphatic heterocycles. The number of rotatable bonds is 5. The molecule has 0 unspecified atom stereocenters. The molecule has 0 aromatic heterocycles. The molecule has 2 aliphatic rings. The molecular formula is C27H29N3O3. The molecule has 1 amide bonds. The number of nitrogens with zero attached hydrogens (tertiary/aromatic N) is 2. The number of hydrogen-bond acceptors (Lipinski definition) is 5. The van der Waals surface area contributed by atoms with Crippen molar-refractivity contribution >= 4 is 23.0 Å². The van der Waals surface area contributed by atoms with Gasteiger partial charge in [0, 0.05) is 42.8 Å². The van der Waals surface area contributed by atoms with E-state index in [0.717, 1.165) is 48.9 Å². The zero-order valence-corrected chi connectivity index (χ0v) is 19.0. The number of carbonyl (C=O) groups is 1. The molecule has 1 fully saturated rings. The van der Waals surface area contributed by atoms with Crippen LogP contribution in [0.2, 0.25) is 0 Å². The average Bonchev–Trinajstić information content (AvgIpc) is 2.88. The number of fused-ring (bicyclic) bond motifs is 3. The molecule has 6 nitrogen and oxygen atoms in total. The molecule has 2 atom stereocenters. The van der Waals surface area contributed by atoms with Crippen molar-refractivity contribution in [2.24, 2.45) is 5.92 Å². The lowest BCUT2D eigenvalue weighted by Gasteiger charge is -2.49. The minimum absolute atomic E-state index is 0.0457. The standard InChI is InChI=1S/C27H29N3O3/c1-32-22-12-10-21(11-13-22)29-14-15-30-25-9-4-3-6-19(25)16-24(26(30)18-29)27(31)28-20-7-5-8-23(17-20)33-2/h3-13,17,24,26H,14-16,18H2,1-2H3,(H,28,31)/t24-,26-/m1/s1. The van der Waals surface area contributed by atoms with Gasteiger partial charge in [-0.05, 0) is 54.4 Å². The lowest BCUT2D eigenvalue weighted by Crippen LogP contribution is -2.60. The van der Waals surface area contributed by atoms with E-state index in [1.165, 1.54) is 11.3 Å². The Morgan fingerprint density at radius 1 is 0.909 bits per heavy atom. The summed E-state index contributed by atoms with van der Waals surface area (Å²) < 4.78 is 10.6. The minimum Gasteiger partial charge on any atom is -0.497 e. The Bertz CT molecular complexity index is 1130. The van der Waals surface area contributed by atoms with Crippen molar-refractivity contribution in [1.82, 2.24) is 0 Å². The van der Waals surface area contributed by atoms with Gasteiger partial charge in [-0.25, -0.2) is 0 Å². The summed E-state index contributed by atoms with van der Waals surface area (Å²) >= 11 is 0. The van der Waals surface area contributed by atoms with Gasteiger partial charge in [-0.15, -0.1) is 0 Å². The molecule has 1 saturated heterocycles. The van der Waals surface area contributed by atoms with E-state index in [9.17, 15) is 4.79 Å². The fourth-order valence-electron chi connectivity index (χ4n) is 5.02. The molecular weight excluding hydrogens is 414 g/mol. The summed E-state index contributed by atoms with van der Waals surface area (Å²) in [6.45, 7) is 2.56. The highest BCUT2D eigenvalue weighted by molar-refractivity contribution is 5.94. The predicted molar refractivity (Wildman–Crippen MR) is 132 cm³/mol. The topological polar surface area (TPSA) is 54.0 Å². The summed E-state index contributed by atoms with van der Waals surface area (Å²) in [5, 5.41) is 3.14. The Labute approximate surface area is 194 Å². The van der Waals surface area contributed by atoms with E-state index in [1.807, 2.05) is 36.4 Å². The molecule has 1 N–H and O–H groups in total. The zero-order chi connectivity index (χ0) is 22.8. The smallest absolute Gasteiger partial charge is 0.229 e. The van der Waals surface area contributed by atoms with E-state index in [2.05, 4.69) is 51.5 Å². The molecule has 2 heterocycles. The summed E-state index contributed by atoms with van der Waals surface area (Å²) in [5.41, 5.74) is 4.40. The first kappa shape index (κ1) is 21.2. The van der Waals surface area contributed by atoms with Gasteiger partial charge in [0.1, 0.15) is 11.5 Å². The van der Waals surface area contributed by atoms with Gasteiger partial charge >= 0.3 is 0 Å². The predicted octanol–water partition coefficient (Wildman–Crippen LogP) is 4.21. The number of benzene rings is 3. The van der Waals surface area contributed by atoms with Crippen molar-refractivity contribution in [1.29, 1.82) is 0 Å². The first-order chi connectivity index (χ1) is 16.2. The average molecular weight is 444 g/mol. The summed E-state index contributed by atoms with van der Waals surface area (Å²) in [7, 11) is 3.31. The number of para-hydroxylation sites is 1. The van der Waals surface area contributed by atoms with Crippen molar-refractivity contribution < 1.29 is 14.3 Å². The van der Waals surface area contributed by atoms with Gasteiger partial charge in [-0.1, -0.05) is 24.3 Å². The van der Waals surface area contributed by atoms with Crippen molar-refractivity contribution in [2.75, 3.05) is 49.0 Å². The summed E-state index contributed by atoms with van der Waals surface area (Å²) in [6, 6.07) is 24.3. The highest BCUT2D eigenvalue weighted by Gasteiger charge is 2.41. The second kappa shape index (κ2) is 9.06. The van der Waals surface area contributed by atoms with Crippen LogP contribution in [0.15, 0.2) is 72.8 Å². The fraction of sp³-hybridized carbons (Fsp3) is 0.296. The van der Waals surface area contributed by atoms with Crippen molar-refractivity contribution in [3.8, 4) is 11.5 Å². The van der Waals surface area contributed by atoms with Crippen LogP contribution >= 0.6 is 0 Å². The van der Waals surface area contributed by atoms with E-state index in [-0.39, 0.29) is 17.9 Å². The molecule has 3 aromatic carbocycles. The largest absolute Gasteiger partial charge is 0.497 e. The van der Waals surface area contributed by atoms with Gasteiger partial charge < -0.3 is 24.6 Å². The van der Waals surface area contributed by atoms with Crippen molar-refractivity contribution in [3.05, 3.63) is 78.4 Å². The van der Waals surface area contributed by atoms with E-state index < -0.39 is 0 Å². The maximum atomic E-state index is 13.5. The number of carbonyl (C=O) groups excluding carboxylic acids is 1. The lowest BCUT2D eigenvalue weighted by atomic mass is 9.83. The van der Waals surface area contributed by atoms with Crippen LogP contribution in [0.25, 0.3) is 0 Å². The summed E-state index contributed by atoms with van der Waals surface area (Å²) in [6.07, 6.45) is 0.726. The van der Waals surface area contributed by atoms with Crippen molar-refractivity contribution in [2.45, 2.75) is 12.5 Å². The van der Waals surface area contributed by atoms with Gasteiger partial charge in [-0.3, -0.25) is 4.79 Å². The number of methoxy groups -OCH3 is 2.